The first-order valence-corrected chi connectivity index (χ1v) is 21.4. The van der Waals surface area contributed by atoms with Crippen molar-refractivity contribution in [2.75, 3.05) is 0 Å². The number of rotatable bonds is 7. The second kappa shape index (κ2) is 13.9. The molecule has 1 unspecified atom stereocenters. The first-order valence-electron chi connectivity index (χ1n) is 21.4. The predicted octanol–water partition coefficient (Wildman–Crippen LogP) is 14.1. The molecule has 0 saturated carbocycles. The van der Waals surface area contributed by atoms with Gasteiger partial charge in [0.25, 0.3) is 0 Å². The highest BCUT2D eigenvalue weighted by atomic mass is 15.1. The van der Waals surface area contributed by atoms with E-state index in [-0.39, 0.29) is 5.41 Å². The Morgan fingerprint density at radius 1 is 0.516 bits per heavy atom. The molecule has 3 heterocycles. The molecule has 0 saturated heterocycles. The minimum absolute atomic E-state index is 0.192. The van der Waals surface area contributed by atoms with Crippen LogP contribution in [0.5, 0.6) is 0 Å². The highest BCUT2D eigenvalue weighted by Crippen LogP contribution is 2.57. The van der Waals surface area contributed by atoms with Crippen molar-refractivity contribution >= 4 is 32.8 Å². The minimum atomic E-state index is -0.660. The maximum Gasteiger partial charge on any atom is 0.147 e. The average Bonchev–Trinajstić information content (AvgIpc) is 4.01. The first kappa shape index (κ1) is 36.1. The Bertz CT molecular complexity index is 3490. The third kappa shape index (κ3) is 5.26. The van der Waals surface area contributed by atoms with Crippen LogP contribution >= 0.6 is 0 Å². The van der Waals surface area contributed by atoms with Gasteiger partial charge in [-0.15, -0.1) is 0 Å². The molecular weight excluding hydrogens is 753 g/mol. The summed E-state index contributed by atoms with van der Waals surface area (Å²) < 4.78 is 2.32. The van der Waals surface area contributed by atoms with Gasteiger partial charge in [-0.1, -0.05) is 166 Å². The Morgan fingerprint density at radius 2 is 1.21 bits per heavy atom. The molecule has 0 spiro atoms. The largest absolute Gasteiger partial charge is 0.354 e. The summed E-state index contributed by atoms with van der Waals surface area (Å²) in [4.78, 5) is 14.6. The van der Waals surface area contributed by atoms with E-state index in [9.17, 15) is 0 Å². The molecule has 294 valence electrons. The lowest BCUT2D eigenvalue weighted by molar-refractivity contribution is 0.640. The smallest absolute Gasteiger partial charge is 0.147 e. The van der Waals surface area contributed by atoms with Crippen LogP contribution in [0.1, 0.15) is 47.4 Å². The third-order valence-electron chi connectivity index (χ3n) is 13.4. The van der Waals surface area contributed by atoms with E-state index < -0.39 is 5.41 Å². The number of hydrogen-bond donors (Lipinski definition) is 1. The zero-order valence-corrected chi connectivity index (χ0v) is 34.5. The summed E-state index contributed by atoms with van der Waals surface area (Å²) in [5.41, 5.74) is 17.3. The fourth-order valence-corrected chi connectivity index (χ4v) is 10.3. The van der Waals surface area contributed by atoms with Crippen LogP contribution in [0, 0.1) is 0 Å². The molecule has 1 aliphatic carbocycles. The molecule has 0 bridgehead atoms. The minimum Gasteiger partial charge on any atom is -0.354 e. The van der Waals surface area contributed by atoms with Gasteiger partial charge in [0.2, 0.25) is 0 Å². The maximum atomic E-state index is 5.62. The van der Waals surface area contributed by atoms with Crippen molar-refractivity contribution < 1.29 is 0 Å². The molecule has 0 fully saturated rings. The van der Waals surface area contributed by atoms with Crippen LogP contribution in [-0.4, -0.2) is 19.5 Å². The lowest BCUT2D eigenvalue weighted by Crippen LogP contribution is -2.30. The number of hydrogen-bond acceptors (Lipinski definition) is 2. The van der Waals surface area contributed by atoms with E-state index in [1.807, 2.05) is 12.3 Å². The summed E-state index contributed by atoms with van der Waals surface area (Å²) in [6.07, 6.45) is 1.93. The fourth-order valence-electron chi connectivity index (χ4n) is 10.3. The number of benzene rings is 8. The molecule has 1 N–H and O–H groups in total. The van der Waals surface area contributed by atoms with Crippen LogP contribution in [0.4, 0.5) is 0 Å². The van der Waals surface area contributed by atoms with Gasteiger partial charge in [-0.05, 0) is 99.1 Å². The summed E-state index contributed by atoms with van der Waals surface area (Å²) in [7, 11) is 0. The number of fused-ring (bicyclic) bond motifs is 7. The van der Waals surface area contributed by atoms with Gasteiger partial charge in [-0.2, -0.15) is 0 Å². The molecule has 0 radical (unpaired) electrons. The second-order valence-electron chi connectivity index (χ2n) is 17.0. The zero-order chi connectivity index (χ0) is 41.4. The highest BCUT2D eigenvalue weighted by molar-refractivity contribution is 6.12. The Labute approximate surface area is 360 Å². The van der Waals surface area contributed by atoms with E-state index in [0.29, 0.717) is 0 Å². The van der Waals surface area contributed by atoms with Crippen molar-refractivity contribution in [3.8, 4) is 39.3 Å². The number of imidazole rings is 1. The van der Waals surface area contributed by atoms with Crippen molar-refractivity contribution in [1.82, 2.24) is 19.5 Å². The number of para-hydroxylation sites is 4. The van der Waals surface area contributed by atoms with Crippen LogP contribution in [-0.2, 0) is 10.8 Å². The highest BCUT2D eigenvalue weighted by Gasteiger charge is 2.47. The van der Waals surface area contributed by atoms with E-state index in [2.05, 4.69) is 224 Å². The van der Waals surface area contributed by atoms with Gasteiger partial charge in [0.05, 0.1) is 27.7 Å². The number of pyridine rings is 1. The van der Waals surface area contributed by atoms with E-state index in [1.165, 1.54) is 44.2 Å². The number of aromatic amines is 1. The monoisotopic (exact) mass is 794 g/mol. The molecule has 62 heavy (non-hydrogen) atoms. The summed E-state index contributed by atoms with van der Waals surface area (Å²) >= 11 is 0. The Morgan fingerprint density at radius 3 is 2.06 bits per heavy atom. The summed E-state index contributed by atoms with van der Waals surface area (Å²) in [5, 5.41) is 2.39. The van der Waals surface area contributed by atoms with Gasteiger partial charge in [0.1, 0.15) is 5.82 Å². The van der Waals surface area contributed by atoms with Crippen LogP contribution in [0.2, 0.25) is 0 Å². The van der Waals surface area contributed by atoms with Crippen molar-refractivity contribution in [2.45, 2.75) is 24.7 Å². The fraction of sp³-hybridized carbons (Fsp3) is 0.0690. The molecule has 4 nitrogen and oxygen atoms in total. The average molecular weight is 795 g/mol. The van der Waals surface area contributed by atoms with Gasteiger partial charge >= 0.3 is 0 Å². The number of aromatic nitrogens is 4. The van der Waals surface area contributed by atoms with Crippen LogP contribution < -0.4 is 0 Å². The van der Waals surface area contributed by atoms with Crippen molar-refractivity contribution in [3.05, 3.63) is 246 Å². The maximum absolute atomic E-state index is 5.62. The molecule has 4 heteroatoms. The first-order chi connectivity index (χ1) is 30.5. The van der Waals surface area contributed by atoms with Crippen molar-refractivity contribution in [1.29, 1.82) is 0 Å². The van der Waals surface area contributed by atoms with Crippen LogP contribution in [0.3, 0.4) is 0 Å². The van der Waals surface area contributed by atoms with Gasteiger partial charge in [0.15, 0.2) is 0 Å². The van der Waals surface area contributed by atoms with E-state index in [4.69, 9.17) is 9.97 Å². The quantitative estimate of drug-likeness (QED) is 0.175. The lowest BCUT2D eigenvalue weighted by atomic mass is 9.69. The molecule has 1 aliphatic rings. The molecular formula is C58H42N4. The molecule has 8 aromatic carbocycles. The second-order valence-corrected chi connectivity index (χ2v) is 17.0. The molecule has 3 aromatic heterocycles. The van der Waals surface area contributed by atoms with Crippen molar-refractivity contribution in [3.63, 3.8) is 0 Å². The molecule has 11 aromatic rings. The molecule has 1 atom stereocenters. The van der Waals surface area contributed by atoms with E-state index in [0.717, 1.165) is 61.5 Å². The van der Waals surface area contributed by atoms with Gasteiger partial charge in [-0.25, -0.2) is 4.98 Å². The number of nitrogens with zero attached hydrogens (tertiary/aromatic N) is 3. The lowest BCUT2D eigenvalue weighted by Gasteiger charge is -2.33. The normalized spacial score (nSPS) is 14.7. The van der Waals surface area contributed by atoms with Crippen molar-refractivity contribution in [2.24, 2.45) is 0 Å². The topological polar surface area (TPSA) is 46.5 Å². The number of H-pyrrole nitrogens is 1. The standard InChI is InChI=1S/C58H42N4/c1-57(2,39-19-5-3-6-20-39)40-33-34-50-48(37-40)44-24-9-11-29-49(44)58(50,53-32-13-14-35-59-53)41-21-15-18-38(36-41)43-26-17-31-52-55(43)61-56(62(52)42-22-7-4-8-23-42)47-28-16-27-46-45-25-10-12-30-51(45)60-54(46)47/h3-37,60H,1-2H3. The molecule has 12 rings (SSSR count). The summed E-state index contributed by atoms with van der Waals surface area (Å²) in [6, 6.07) is 74.6. The SMILES string of the molecule is CC(C)(c1ccccc1)c1ccc2c(c1)-c1ccccc1C2(c1cccc(-c2cccc3c2nc(-c2cccc4c2[nH]c2ccccc24)n3-c2ccccc2)c1)c1ccccn1. The van der Waals surface area contributed by atoms with E-state index in [1.54, 1.807) is 0 Å². The predicted molar refractivity (Wildman–Crippen MR) is 255 cm³/mol. The Balaban J connectivity index is 1.09. The molecule has 0 aliphatic heterocycles. The van der Waals surface area contributed by atoms with Gasteiger partial charge < -0.3 is 4.98 Å². The zero-order valence-electron chi connectivity index (χ0n) is 34.5. The van der Waals surface area contributed by atoms with Gasteiger partial charge in [-0.3, -0.25) is 9.55 Å². The van der Waals surface area contributed by atoms with Crippen LogP contribution in [0.25, 0.3) is 72.2 Å². The van der Waals surface area contributed by atoms with Crippen LogP contribution in [0.15, 0.2) is 212 Å². The van der Waals surface area contributed by atoms with E-state index >= 15 is 0 Å². The number of nitrogens with one attached hydrogen (secondary N) is 1. The summed E-state index contributed by atoms with van der Waals surface area (Å²) in [6.45, 7) is 4.65. The molecule has 0 amide bonds. The third-order valence-corrected chi connectivity index (χ3v) is 13.4. The summed E-state index contributed by atoms with van der Waals surface area (Å²) in [5.74, 6) is 0.893. The Hall–Kier alpha value is -7.82. The Kier molecular flexibility index (Phi) is 8.07. The van der Waals surface area contributed by atoms with Gasteiger partial charge in [0, 0.05) is 44.7 Å².